The van der Waals surface area contributed by atoms with E-state index in [2.05, 4.69) is 0 Å². The summed E-state index contributed by atoms with van der Waals surface area (Å²) in [6.07, 6.45) is 0.837. The number of carbonyl (C=O) groups excluding carboxylic acids is 2. The minimum absolute atomic E-state index is 0.151. The van der Waals surface area contributed by atoms with Crippen molar-refractivity contribution in [1.82, 2.24) is 0 Å². The SMILES string of the molecule is C[C@H](CC(=O)O)C(=O)CCC=O. The smallest absolute Gasteiger partial charge is 0.304 e. The molecule has 4 nitrogen and oxygen atoms in total. The highest BCUT2D eigenvalue weighted by atomic mass is 16.4. The third kappa shape index (κ3) is 4.60. The molecule has 0 fully saturated rings. The van der Waals surface area contributed by atoms with E-state index < -0.39 is 11.9 Å². The summed E-state index contributed by atoms with van der Waals surface area (Å²) >= 11 is 0. The maximum absolute atomic E-state index is 11.0. The van der Waals surface area contributed by atoms with Crippen LogP contribution in [-0.2, 0) is 14.4 Å². The summed E-state index contributed by atoms with van der Waals surface area (Å²) in [5.74, 6) is -1.63. The van der Waals surface area contributed by atoms with Gasteiger partial charge in [-0.2, -0.15) is 0 Å². The van der Waals surface area contributed by atoms with Gasteiger partial charge in [0.05, 0.1) is 6.42 Å². The zero-order chi connectivity index (χ0) is 9.56. The van der Waals surface area contributed by atoms with Gasteiger partial charge >= 0.3 is 5.97 Å². The minimum Gasteiger partial charge on any atom is -0.481 e. The molecule has 0 aliphatic heterocycles. The van der Waals surface area contributed by atoms with Crippen molar-refractivity contribution in [2.75, 3.05) is 0 Å². The number of rotatable bonds is 6. The number of carboxylic acids is 1. The predicted molar refractivity (Wildman–Crippen MR) is 41.7 cm³/mol. The monoisotopic (exact) mass is 172 g/mol. The first-order valence-electron chi connectivity index (χ1n) is 3.76. The van der Waals surface area contributed by atoms with Crippen LogP contribution < -0.4 is 0 Å². The molecule has 0 aromatic rings. The maximum atomic E-state index is 11.0. The first-order valence-corrected chi connectivity index (χ1v) is 3.76. The van der Waals surface area contributed by atoms with Crippen LogP contribution in [0.3, 0.4) is 0 Å². The molecule has 0 spiro atoms. The molecule has 0 heterocycles. The van der Waals surface area contributed by atoms with Gasteiger partial charge in [-0.05, 0) is 0 Å². The molecule has 1 atom stereocenters. The first-order chi connectivity index (χ1) is 5.57. The van der Waals surface area contributed by atoms with Crippen molar-refractivity contribution in [2.24, 2.45) is 5.92 Å². The molecule has 0 aromatic heterocycles. The summed E-state index contributed by atoms with van der Waals surface area (Å²) in [5, 5.41) is 8.34. The Hall–Kier alpha value is -1.19. The largest absolute Gasteiger partial charge is 0.481 e. The van der Waals surface area contributed by atoms with Crippen molar-refractivity contribution >= 4 is 18.0 Å². The summed E-state index contributed by atoms with van der Waals surface area (Å²) in [5.41, 5.74) is 0. The van der Waals surface area contributed by atoms with Gasteiger partial charge < -0.3 is 9.90 Å². The van der Waals surface area contributed by atoms with E-state index >= 15 is 0 Å². The Labute approximate surface area is 70.6 Å². The van der Waals surface area contributed by atoms with E-state index in [0.29, 0.717) is 6.29 Å². The highest BCUT2D eigenvalue weighted by molar-refractivity contribution is 5.85. The normalized spacial score (nSPS) is 12.1. The second-order valence-electron chi connectivity index (χ2n) is 2.67. The van der Waals surface area contributed by atoms with Gasteiger partial charge in [0.15, 0.2) is 0 Å². The molecule has 0 amide bonds. The standard InChI is InChI=1S/C8H12O4/c1-6(5-8(11)12)7(10)3-2-4-9/h4,6H,2-3,5H2,1H3,(H,11,12)/t6-/m1/s1. The van der Waals surface area contributed by atoms with Crippen molar-refractivity contribution in [3.63, 3.8) is 0 Å². The highest BCUT2D eigenvalue weighted by Gasteiger charge is 2.15. The van der Waals surface area contributed by atoms with E-state index in [-0.39, 0.29) is 25.0 Å². The number of hydrogen-bond acceptors (Lipinski definition) is 3. The molecule has 0 unspecified atom stereocenters. The second kappa shape index (κ2) is 5.46. The van der Waals surface area contributed by atoms with Crippen LogP contribution in [0.15, 0.2) is 0 Å². The number of carboxylic acid groups (broad SMARTS) is 1. The van der Waals surface area contributed by atoms with Crippen molar-refractivity contribution in [3.05, 3.63) is 0 Å². The molecule has 0 rings (SSSR count). The average Bonchev–Trinajstić information content (AvgIpc) is 1.98. The summed E-state index contributed by atoms with van der Waals surface area (Å²) in [4.78, 5) is 31.1. The zero-order valence-corrected chi connectivity index (χ0v) is 6.95. The average molecular weight is 172 g/mol. The van der Waals surface area contributed by atoms with Gasteiger partial charge in [-0.15, -0.1) is 0 Å². The lowest BCUT2D eigenvalue weighted by Gasteiger charge is -2.04. The zero-order valence-electron chi connectivity index (χ0n) is 6.95. The van der Waals surface area contributed by atoms with E-state index in [9.17, 15) is 14.4 Å². The highest BCUT2D eigenvalue weighted by Crippen LogP contribution is 2.06. The fourth-order valence-electron chi connectivity index (χ4n) is 0.823. The molecule has 12 heavy (non-hydrogen) atoms. The summed E-state index contributed by atoms with van der Waals surface area (Å²) in [7, 11) is 0. The van der Waals surface area contributed by atoms with Gasteiger partial charge in [-0.1, -0.05) is 6.92 Å². The number of hydrogen-bond donors (Lipinski definition) is 1. The lowest BCUT2D eigenvalue weighted by Crippen LogP contribution is -2.14. The Morgan fingerprint density at radius 2 is 2.08 bits per heavy atom. The first kappa shape index (κ1) is 10.8. The van der Waals surface area contributed by atoms with Crippen molar-refractivity contribution < 1.29 is 19.5 Å². The lowest BCUT2D eigenvalue weighted by molar-refractivity contribution is -0.140. The quantitative estimate of drug-likeness (QED) is 0.597. The molecule has 68 valence electrons. The van der Waals surface area contributed by atoms with Gasteiger partial charge in [0, 0.05) is 18.8 Å². The molecule has 1 N–H and O–H groups in total. The number of Topliss-reactive ketones (excluding diaryl/α,β-unsaturated/α-hetero) is 1. The molecular weight excluding hydrogens is 160 g/mol. The Morgan fingerprint density at radius 1 is 1.50 bits per heavy atom. The fraction of sp³-hybridized carbons (Fsp3) is 0.625. The molecule has 0 aliphatic rings. The van der Waals surface area contributed by atoms with Crippen LogP contribution in [0.25, 0.3) is 0 Å². The number of aldehydes is 1. The summed E-state index contributed by atoms with van der Waals surface area (Å²) < 4.78 is 0. The molecule has 0 aliphatic carbocycles. The van der Waals surface area contributed by atoms with E-state index in [1.54, 1.807) is 6.92 Å². The molecule has 0 saturated carbocycles. The van der Waals surface area contributed by atoms with E-state index in [1.807, 2.05) is 0 Å². The van der Waals surface area contributed by atoms with Crippen LogP contribution in [0, 0.1) is 5.92 Å². The number of aliphatic carboxylic acids is 1. The fourth-order valence-corrected chi connectivity index (χ4v) is 0.823. The van der Waals surface area contributed by atoms with Gasteiger partial charge in [0.2, 0.25) is 0 Å². The summed E-state index contributed by atoms with van der Waals surface area (Å²) in [6.45, 7) is 1.56. The molecule has 0 bridgehead atoms. The Kier molecular flexibility index (Phi) is 4.92. The predicted octanol–water partition coefficient (Wildman–Crippen LogP) is 0.645. The second-order valence-corrected chi connectivity index (χ2v) is 2.67. The van der Waals surface area contributed by atoms with Crippen LogP contribution in [0.2, 0.25) is 0 Å². The number of carbonyl (C=O) groups is 3. The lowest BCUT2D eigenvalue weighted by atomic mass is 9.99. The Balaban J connectivity index is 3.76. The third-order valence-electron chi connectivity index (χ3n) is 1.54. The van der Waals surface area contributed by atoms with Crippen LogP contribution >= 0.6 is 0 Å². The van der Waals surface area contributed by atoms with Crippen LogP contribution in [0.4, 0.5) is 0 Å². The Bertz CT molecular complexity index is 185. The molecular formula is C8H12O4. The van der Waals surface area contributed by atoms with Gasteiger partial charge in [-0.3, -0.25) is 9.59 Å². The van der Waals surface area contributed by atoms with Crippen molar-refractivity contribution in [1.29, 1.82) is 0 Å². The van der Waals surface area contributed by atoms with Crippen molar-refractivity contribution in [3.8, 4) is 0 Å². The topological polar surface area (TPSA) is 71.4 Å². The van der Waals surface area contributed by atoms with Gasteiger partial charge in [0.1, 0.15) is 12.1 Å². The maximum Gasteiger partial charge on any atom is 0.304 e. The Morgan fingerprint density at radius 3 is 2.50 bits per heavy atom. The van der Waals surface area contributed by atoms with E-state index in [0.717, 1.165) is 0 Å². The van der Waals surface area contributed by atoms with E-state index in [1.165, 1.54) is 0 Å². The van der Waals surface area contributed by atoms with Crippen molar-refractivity contribution in [2.45, 2.75) is 26.2 Å². The molecule has 0 saturated heterocycles. The van der Waals surface area contributed by atoms with Crippen LogP contribution in [-0.4, -0.2) is 23.1 Å². The molecule has 0 radical (unpaired) electrons. The minimum atomic E-state index is -0.984. The third-order valence-corrected chi connectivity index (χ3v) is 1.54. The molecule has 0 aromatic carbocycles. The van der Waals surface area contributed by atoms with Gasteiger partial charge in [-0.25, -0.2) is 0 Å². The van der Waals surface area contributed by atoms with E-state index in [4.69, 9.17) is 5.11 Å². The molecule has 4 heteroatoms. The van der Waals surface area contributed by atoms with Crippen LogP contribution in [0.1, 0.15) is 26.2 Å². The summed E-state index contributed by atoms with van der Waals surface area (Å²) in [6, 6.07) is 0. The van der Waals surface area contributed by atoms with Crippen LogP contribution in [0.5, 0.6) is 0 Å². The van der Waals surface area contributed by atoms with Gasteiger partial charge in [0.25, 0.3) is 0 Å². The number of ketones is 1.